The molecule has 138 valence electrons. The Hall–Kier alpha value is -2.37. The standard InChI is InChI=1S/C13H13F3N2O6S/c1-6-4-8(11(19)17-5-7-2-3-7)18-9(12(20)21)10(6)24-25(22,23)13(14,15)16/h4,7H,2-3,5H2,1H3,(H,17,19)(H,20,21). The SMILES string of the molecule is Cc1cc(C(=O)NCC2CC2)nc(C(=O)O)c1OS(=O)(=O)C(F)(F)F. The molecule has 1 amide bonds. The molecule has 0 saturated heterocycles. The van der Waals surface area contributed by atoms with Gasteiger partial charge in [-0.25, -0.2) is 9.78 Å². The molecule has 1 saturated carbocycles. The molecule has 8 nitrogen and oxygen atoms in total. The van der Waals surface area contributed by atoms with Crippen molar-refractivity contribution in [1.29, 1.82) is 0 Å². The monoisotopic (exact) mass is 382 g/mol. The van der Waals surface area contributed by atoms with E-state index in [0.717, 1.165) is 25.8 Å². The van der Waals surface area contributed by atoms with Crippen LogP contribution < -0.4 is 9.50 Å². The van der Waals surface area contributed by atoms with Crippen LogP contribution in [0.4, 0.5) is 13.2 Å². The maximum absolute atomic E-state index is 12.4. The van der Waals surface area contributed by atoms with Crippen molar-refractivity contribution in [3.63, 3.8) is 0 Å². The number of alkyl halides is 3. The van der Waals surface area contributed by atoms with Crippen molar-refractivity contribution < 1.29 is 40.5 Å². The lowest BCUT2D eigenvalue weighted by molar-refractivity contribution is -0.0500. The molecule has 1 aromatic rings. The third-order valence-corrected chi connectivity index (χ3v) is 4.27. The number of carbonyl (C=O) groups is 2. The van der Waals surface area contributed by atoms with Gasteiger partial charge in [-0.2, -0.15) is 21.6 Å². The van der Waals surface area contributed by atoms with Gasteiger partial charge in [-0.1, -0.05) is 0 Å². The Morgan fingerprint density at radius 3 is 2.48 bits per heavy atom. The van der Waals surface area contributed by atoms with Crippen LogP contribution in [-0.4, -0.2) is 42.4 Å². The maximum Gasteiger partial charge on any atom is 0.534 e. The molecule has 1 aliphatic rings. The van der Waals surface area contributed by atoms with Crippen LogP contribution in [-0.2, 0) is 10.1 Å². The Labute approximate surface area is 140 Å². The molecule has 2 rings (SSSR count). The van der Waals surface area contributed by atoms with E-state index in [9.17, 15) is 31.2 Å². The van der Waals surface area contributed by atoms with Crippen LogP contribution in [0.15, 0.2) is 6.07 Å². The number of hydrogen-bond acceptors (Lipinski definition) is 6. The number of amides is 1. The minimum absolute atomic E-state index is 0.295. The first-order valence-corrected chi connectivity index (χ1v) is 8.37. The van der Waals surface area contributed by atoms with E-state index in [1.165, 1.54) is 0 Å². The molecule has 25 heavy (non-hydrogen) atoms. The second-order valence-electron chi connectivity index (χ2n) is 5.44. The minimum Gasteiger partial charge on any atom is -0.476 e. The average Bonchev–Trinajstić information content (AvgIpc) is 3.29. The van der Waals surface area contributed by atoms with Crippen molar-refractivity contribution in [1.82, 2.24) is 10.3 Å². The molecule has 12 heteroatoms. The number of nitrogens with one attached hydrogen (secondary N) is 1. The third kappa shape index (κ3) is 4.38. The molecule has 0 radical (unpaired) electrons. The zero-order valence-electron chi connectivity index (χ0n) is 12.8. The van der Waals surface area contributed by atoms with Crippen molar-refractivity contribution in [3.05, 3.63) is 23.0 Å². The second kappa shape index (κ2) is 6.50. The number of rotatable bonds is 6. The normalized spacial score (nSPS) is 14.9. The summed E-state index contributed by atoms with van der Waals surface area (Å²) in [7, 11) is -6.08. The van der Waals surface area contributed by atoms with E-state index in [4.69, 9.17) is 5.11 Å². The molecule has 0 spiro atoms. The van der Waals surface area contributed by atoms with Crippen molar-refractivity contribution in [2.24, 2.45) is 5.92 Å². The average molecular weight is 382 g/mol. The molecule has 0 aromatic carbocycles. The van der Waals surface area contributed by atoms with Crippen molar-refractivity contribution >= 4 is 22.0 Å². The number of nitrogens with zero attached hydrogens (tertiary/aromatic N) is 1. The molecule has 1 aliphatic carbocycles. The number of carbonyl (C=O) groups excluding carboxylic acids is 1. The van der Waals surface area contributed by atoms with Gasteiger partial charge in [0.05, 0.1) is 0 Å². The highest BCUT2D eigenvalue weighted by Crippen LogP contribution is 2.31. The van der Waals surface area contributed by atoms with Crippen LogP contribution in [0.25, 0.3) is 0 Å². The lowest BCUT2D eigenvalue weighted by Crippen LogP contribution is -2.30. The number of carboxylic acid groups (broad SMARTS) is 1. The fraction of sp³-hybridized carbons (Fsp3) is 0.462. The van der Waals surface area contributed by atoms with E-state index in [1.54, 1.807) is 0 Å². The number of aromatic carboxylic acids is 1. The molecule has 0 atom stereocenters. The number of halogens is 3. The summed E-state index contributed by atoms with van der Waals surface area (Å²) < 4.78 is 63.4. The zero-order valence-corrected chi connectivity index (χ0v) is 13.6. The van der Waals surface area contributed by atoms with E-state index in [0.29, 0.717) is 12.5 Å². The highest BCUT2D eigenvalue weighted by atomic mass is 32.2. The first kappa shape index (κ1) is 19.0. The second-order valence-corrected chi connectivity index (χ2v) is 6.98. The molecule has 0 bridgehead atoms. The van der Waals surface area contributed by atoms with Crippen LogP contribution in [0, 0.1) is 12.8 Å². The highest BCUT2D eigenvalue weighted by molar-refractivity contribution is 7.88. The third-order valence-electron chi connectivity index (χ3n) is 3.32. The zero-order chi connectivity index (χ0) is 19.0. The highest BCUT2D eigenvalue weighted by Gasteiger charge is 2.49. The van der Waals surface area contributed by atoms with Gasteiger partial charge in [0.15, 0.2) is 11.4 Å². The molecule has 1 aromatic heterocycles. The Bertz CT molecular complexity index is 818. The summed E-state index contributed by atoms with van der Waals surface area (Å²) in [4.78, 5) is 26.6. The summed E-state index contributed by atoms with van der Waals surface area (Å²) in [6, 6.07) is 0.954. The van der Waals surface area contributed by atoms with Crippen molar-refractivity contribution in [3.8, 4) is 5.75 Å². The predicted octanol–water partition coefficient (Wildman–Crippen LogP) is 1.46. The van der Waals surface area contributed by atoms with E-state index in [1.807, 2.05) is 0 Å². The fourth-order valence-electron chi connectivity index (χ4n) is 1.83. The van der Waals surface area contributed by atoms with Gasteiger partial charge in [-0.05, 0) is 37.3 Å². The van der Waals surface area contributed by atoms with Crippen LogP contribution in [0.1, 0.15) is 39.4 Å². The van der Waals surface area contributed by atoms with Gasteiger partial charge in [-0.15, -0.1) is 0 Å². The lowest BCUT2D eigenvalue weighted by atomic mass is 10.1. The number of hydrogen-bond donors (Lipinski definition) is 2. The largest absolute Gasteiger partial charge is 0.534 e. The van der Waals surface area contributed by atoms with Gasteiger partial charge in [0, 0.05) is 6.54 Å². The maximum atomic E-state index is 12.4. The van der Waals surface area contributed by atoms with E-state index in [2.05, 4.69) is 14.5 Å². The predicted molar refractivity (Wildman–Crippen MR) is 76.6 cm³/mol. The number of pyridine rings is 1. The molecule has 0 unspecified atom stereocenters. The molecule has 1 fully saturated rings. The fourth-order valence-corrected chi connectivity index (χ4v) is 2.36. The molecule has 0 aliphatic heterocycles. The van der Waals surface area contributed by atoms with Crippen LogP contribution in [0.2, 0.25) is 0 Å². The van der Waals surface area contributed by atoms with Crippen molar-refractivity contribution in [2.75, 3.05) is 6.54 Å². The Morgan fingerprint density at radius 1 is 1.40 bits per heavy atom. The molecule has 1 heterocycles. The Kier molecular flexibility index (Phi) is 4.93. The molecule has 2 N–H and O–H groups in total. The number of aryl methyl sites for hydroxylation is 1. The summed E-state index contributed by atoms with van der Waals surface area (Å²) in [5, 5.41) is 11.6. The topological polar surface area (TPSA) is 123 Å². The number of carboxylic acids is 1. The van der Waals surface area contributed by atoms with Gasteiger partial charge in [0.1, 0.15) is 5.69 Å². The lowest BCUT2D eigenvalue weighted by Gasteiger charge is -2.14. The smallest absolute Gasteiger partial charge is 0.476 e. The van der Waals surface area contributed by atoms with Gasteiger partial charge in [0.2, 0.25) is 0 Å². The summed E-state index contributed by atoms with van der Waals surface area (Å²) in [5.41, 5.74) is -7.51. The van der Waals surface area contributed by atoms with E-state index >= 15 is 0 Å². The van der Waals surface area contributed by atoms with Gasteiger partial charge >= 0.3 is 21.6 Å². The Morgan fingerprint density at radius 2 is 2.00 bits per heavy atom. The van der Waals surface area contributed by atoms with Gasteiger partial charge in [-0.3, -0.25) is 4.79 Å². The quantitative estimate of drug-likeness (QED) is 0.564. The summed E-state index contributed by atoms with van der Waals surface area (Å²) in [6.45, 7) is 1.47. The first-order valence-electron chi connectivity index (χ1n) is 6.96. The number of aromatic nitrogens is 1. The van der Waals surface area contributed by atoms with Gasteiger partial charge < -0.3 is 14.6 Å². The first-order chi connectivity index (χ1) is 11.4. The van der Waals surface area contributed by atoms with E-state index < -0.39 is 38.9 Å². The van der Waals surface area contributed by atoms with Gasteiger partial charge in [0.25, 0.3) is 5.91 Å². The summed E-state index contributed by atoms with van der Waals surface area (Å²) >= 11 is 0. The van der Waals surface area contributed by atoms with Crippen LogP contribution >= 0.6 is 0 Å². The minimum atomic E-state index is -6.08. The van der Waals surface area contributed by atoms with Crippen LogP contribution in [0.5, 0.6) is 5.75 Å². The van der Waals surface area contributed by atoms with E-state index in [-0.39, 0.29) is 11.3 Å². The van der Waals surface area contributed by atoms with Crippen molar-refractivity contribution in [2.45, 2.75) is 25.3 Å². The Balaban J connectivity index is 2.37. The summed E-state index contributed by atoms with van der Waals surface area (Å²) in [6.07, 6.45) is 1.91. The molecular weight excluding hydrogens is 369 g/mol. The van der Waals surface area contributed by atoms with Crippen LogP contribution in [0.3, 0.4) is 0 Å². The summed E-state index contributed by atoms with van der Waals surface area (Å²) in [5.74, 6) is -3.32. The molecular formula is C13H13F3N2O6S.